The number of hydrogen-bond acceptors (Lipinski definition) is 6. The largest absolute Gasteiger partial charge is 0.423 e. The molecule has 0 unspecified atom stereocenters. The van der Waals surface area contributed by atoms with Crippen LogP contribution in [0.25, 0.3) is 0 Å². The third-order valence-corrected chi connectivity index (χ3v) is 4.39. The lowest BCUT2D eigenvalue weighted by molar-refractivity contribution is 0.0725. The number of esters is 2. The van der Waals surface area contributed by atoms with Gasteiger partial charge in [0, 0.05) is 0 Å². The van der Waals surface area contributed by atoms with Gasteiger partial charge >= 0.3 is 11.9 Å². The van der Waals surface area contributed by atoms with Gasteiger partial charge in [-0.2, -0.15) is 10.2 Å². The fraction of sp³-hybridized carbons (Fsp3) is 0. The minimum atomic E-state index is -0.444. The second kappa shape index (κ2) is 9.95. The van der Waals surface area contributed by atoms with E-state index in [1.807, 2.05) is 12.1 Å². The Morgan fingerprint density at radius 2 is 0.875 bits per heavy atom. The van der Waals surface area contributed by atoms with Gasteiger partial charge in [-0.25, -0.2) is 9.59 Å². The van der Waals surface area contributed by atoms with Crippen molar-refractivity contribution < 1.29 is 19.1 Å². The summed E-state index contributed by atoms with van der Waals surface area (Å²) in [6.45, 7) is 0. The molecule has 0 spiro atoms. The van der Waals surface area contributed by atoms with Crippen molar-refractivity contribution in [2.75, 3.05) is 0 Å². The first-order chi connectivity index (χ1) is 15.7. The van der Waals surface area contributed by atoms with Crippen LogP contribution in [0.2, 0.25) is 0 Å². The number of hydrogen-bond donors (Lipinski definition) is 0. The van der Waals surface area contributed by atoms with E-state index >= 15 is 0 Å². The van der Waals surface area contributed by atoms with Gasteiger partial charge in [-0.15, -0.1) is 0 Å². The summed E-state index contributed by atoms with van der Waals surface area (Å²) in [5.74, 6) is 0.0319. The van der Waals surface area contributed by atoms with Crippen molar-refractivity contribution in [1.82, 2.24) is 0 Å². The predicted molar refractivity (Wildman–Crippen MR) is 120 cm³/mol. The SMILES string of the molecule is O=C(Oc1ccc(N=Nc2ccc(C(=O)Oc3ccccc3)cc2)cc1)c1ccccc1. The van der Waals surface area contributed by atoms with Crippen molar-refractivity contribution in [3.8, 4) is 11.5 Å². The number of nitrogens with zero attached hydrogens (tertiary/aromatic N) is 2. The van der Waals surface area contributed by atoms with E-state index in [2.05, 4.69) is 10.2 Å². The fourth-order valence-electron chi connectivity index (χ4n) is 2.76. The summed E-state index contributed by atoms with van der Waals surface area (Å²) in [4.78, 5) is 24.3. The van der Waals surface area contributed by atoms with Gasteiger partial charge in [0.05, 0.1) is 22.5 Å². The van der Waals surface area contributed by atoms with Gasteiger partial charge in [0.1, 0.15) is 11.5 Å². The molecule has 0 amide bonds. The van der Waals surface area contributed by atoms with E-state index in [0.717, 1.165) is 0 Å². The van der Waals surface area contributed by atoms with E-state index in [1.54, 1.807) is 97.1 Å². The third kappa shape index (κ3) is 5.52. The van der Waals surface area contributed by atoms with Crippen molar-refractivity contribution in [2.24, 2.45) is 10.2 Å². The highest BCUT2D eigenvalue weighted by Gasteiger charge is 2.09. The Labute approximate surface area is 184 Å². The minimum absolute atomic E-state index is 0.414. The topological polar surface area (TPSA) is 77.3 Å². The lowest BCUT2D eigenvalue weighted by atomic mass is 10.2. The van der Waals surface area contributed by atoms with Crippen LogP contribution in [0.5, 0.6) is 11.5 Å². The summed E-state index contributed by atoms with van der Waals surface area (Å²) in [5, 5.41) is 8.33. The molecule has 0 bridgehead atoms. The Morgan fingerprint density at radius 1 is 0.469 bits per heavy atom. The quantitative estimate of drug-likeness (QED) is 0.201. The van der Waals surface area contributed by atoms with E-state index in [0.29, 0.717) is 34.0 Å². The average molecular weight is 422 g/mol. The third-order valence-electron chi connectivity index (χ3n) is 4.39. The molecule has 0 aliphatic rings. The molecule has 4 aromatic rings. The number of carbonyl (C=O) groups excluding carboxylic acids is 2. The normalized spacial score (nSPS) is 10.6. The summed E-state index contributed by atoms with van der Waals surface area (Å²) in [6.07, 6.45) is 0. The van der Waals surface area contributed by atoms with Crippen molar-refractivity contribution in [3.63, 3.8) is 0 Å². The van der Waals surface area contributed by atoms with Crippen molar-refractivity contribution in [1.29, 1.82) is 0 Å². The van der Waals surface area contributed by atoms with Gasteiger partial charge in [-0.1, -0.05) is 36.4 Å². The van der Waals surface area contributed by atoms with Crippen LogP contribution < -0.4 is 9.47 Å². The van der Waals surface area contributed by atoms with Crippen LogP contribution in [0.3, 0.4) is 0 Å². The van der Waals surface area contributed by atoms with E-state index < -0.39 is 11.9 Å². The molecule has 6 heteroatoms. The highest BCUT2D eigenvalue weighted by Crippen LogP contribution is 2.22. The van der Waals surface area contributed by atoms with Crippen molar-refractivity contribution in [2.45, 2.75) is 0 Å². The molecule has 0 fully saturated rings. The van der Waals surface area contributed by atoms with Crippen LogP contribution >= 0.6 is 0 Å². The molecule has 156 valence electrons. The van der Waals surface area contributed by atoms with E-state index in [-0.39, 0.29) is 0 Å². The lowest BCUT2D eigenvalue weighted by Gasteiger charge is -2.04. The van der Waals surface area contributed by atoms with Crippen molar-refractivity contribution >= 4 is 23.3 Å². The molecule has 0 atom stereocenters. The first kappa shape index (κ1) is 20.7. The molecule has 0 aromatic heterocycles. The second-order valence-corrected chi connectivity index (χ2v) is 6.70. The molecule has 0 saturated carbocycles. The van der Waals surface area contributed by atoms with Gasteiger partial charge in [-0.3, -0.25) is 0 Å². The zero-order valence-electron chi connectivity index (χ0n) is 16.9. The van der Waals surface area contributed by atoms with Gasteiger partial charge in [-0.05, 0) is 72.8 Å². The minimum Gasteiger partial charge on any atom is -0.423 e. The first-order valence-corrected chi connectivity index (χ1v) is 9.84. The Morgan fingerprint density at radius 3 is 1.41 bits per heavy atom. The average Bonchev–Trinajstić information content (AvgIpc) is 2.85. The molecule has 0 radical (unpaired) electrons. The van der Waals surface area contributed by atoms with Crippen LogP contribution in [0.15, 0.2) is 119 Å². The number of ether oxygens (including phenoxy) is 2. The van der Waals surface area contributed by atoms with Crippen LogP contribution in [0.4, 0.5) is 11.4 Å². The lowest BCUT2D eigenvalue weighted by Crippen LogP contribution is -2.07. The highest BCUT2D eigenvalue weighted by molar-refractivity contribution is 5.91. The molecule has 0 aliphatic carbocycles. The number of azo groups is 1. The van der Waals surface area contributed by atoms with E-state index in [1.165, 1.54) is 0 Å². The summed E-state index contributed by atoms with van der Waals surface area (Å²) in [6, 6.07) is 31.0. The molecule has 0 N–H and O–H groups in total. The molecule has 32 heavy (non-hydrogen) atoms. The van der Waals surface area contributed by atoms with Gasteiger partial charge in [0.2, 0.25) is 0 Å². The number of benzene rings is 4. The van der Waals surface area contributed by atoms with Crippen LogP contribution in [-0.4, -0.2) is 11.9 Å². The van der Waals surface area contributed by atoms with Gasteiger partial charge in [0.25, 0.3) is 0 Å². The van der Waals surface area contributed by atoms with Gasteiger partial charge in [0.15, 0.2) is 0 Å². The summed E-state index contributed by atoms with van der Waals surface area (Å²) in [7, 11) is 0. The maximum Gasteiger partial charge on any atom is 0.343 e. The van der Waals surface area contributed by atoms with Crippen LogP contribution in [0.1, 0.15) is 20.7 Å². The van der Waals surface area contributed by atoms with E-state index in [4.69, 9.17) is 9.47 Å². The molecule has 0 aliphatic heterocycles. The number of carbonyl (C=O) groups is 2. The summed E-state index contributed by atoms with van der Waals surface area (Å²) >= 11 is 0. The molecule has 6 nitrogen and oxygen atoms in total. The number of para-hydroxylation sites is 1. The fourth-order valence-corrected chi connectivity index (χ4v) is 2.76. The monoisotopic (exact) mass is 422 g/mol. The smallest absolute Gasteiger partial charge is 0.343 e. The maximum atomic E-state index is 12.2. The van der Waals surface area contributed by atoms with Gasteiger partial charge < -0.3 is 9.47 Å². The zero-order valence-corrected chi connectivity index (χ0v) is 16.9. The highest BCUT2D eigenvalue weighted by atomic mass is 16.5. The summed E-state index contributed by atoms with van der Waals surface area (Å²) < 4.78 is 10.6. The summed E-state index contributed by atoms with van der Waals surface area (Å²) in [5.41, 5.74) is 2.07. The zero-order chi connectivity index (χ0) is 22.2. The Bertz CT molecular complexity index is 1220. The molecule has 4 rings (SSSR count). The number of rotatable bonds is 6. The molecule has 0 heterocycles. The maximum absolute atomic E-state index is 12.2. The Kier molecular flexibility index (Phi) is 6.43. The molecule has 0 saturated heterocycles. The van der Waals surface area contributed by atoms with Crippen molar-refractivity contribution in [3.05, 3.63) is 120 Å². The van der Waals surface area contributed by atoms with Crippen LogP contribution in [0, 0.1) is 0 Å². The molecular weight excluding hydrogens is 404 g/mol. The standard InChI is InChI=1S/C26H18N2O4/c29-25(19-7-3-1-4-8-19)32-24-17-15-22(16-18-24)28-27-21-13-11-20(12-14-21)26(30)31-23-9-5-2-6-10-23/h1-18H. The second-order valence-electron chi connectivity index (χ2n) is 6.70. The first-order valence-electron chi connectivity index (χ1n) is 9.84. The molecule has 4 aromatic carbocycles. The predicted octanol–water partition coefficient (Wildman–Crippen LogP) is 6.54. The van der Waals surface area contributed by atoms with Crippen LogP contribution in [-0.2, 0) is 0 Å². The Balaban J connectivity index is 1.35. The Hall–Kier alpha value is -4.58. The van der Waals surface area contributed by atoms with E-state index in [9.17, 15) is 9.59 Å². The molecular formula is C26H18N2O4.